The summed E-state index contributed by atoms with van der Waals surface area (Å²) in [5.41, 5.74) is 0. The van der Waals surface area contributed by atoms with Crippen molar-refractivity contribution < 1.29 is 9.47 Å². The van der Waals surface area contributed by atoms with E-state index in [2.05, 4.69) is 9.47 Å². The molecule has 0 saturated heterocycles. The summed E-state index contributed by atoms with van der Waals surface area (Å²) in [4.78, 5) is 0. The highest BCUT2D eigenvalue weighted by Crippen LogP contribution is 2.01. The van der Waals surface area contributed by atoms with Gasteiger partial charge in [-0.05, 0) is 0 Å². The van der Waals surface area contributed by atoms with Crippen molar-refractivity contribution in [2.24, 2.45) is 0 Å². The number of rotatable bonds is 3. The van der Waals surface area contributed by atoms with Crippen LogP contribution in [0.2, 0.25) is 0 Å². The molecule has 0 aliphatic heterocycles. The topological polar surface area (TPSA) is 18.5 Å². The van der Waals surface area contributed by atoms with E-state index in [1.165, 1.54) is 7.11 Å². The number of hydrogen-bond acceptors (Lipinski definition) is 2. The van der Waals surface area contributed by atoms with Crippen LogP contribution in [-0.4, -0.2) is 18.9 Å². The quantitative estimate of drug-likeness (QED) is 0.441. The molecular weight excluding hydrogens is 139 g/mol. The maximum Gasteiger partial charge on any atom is 0.208 e. The van der Waals surface area contributed by atoms with Crippen molar-refractivity contribution >= 4 is 23.2 Å². The Bertz CT molecular complexity index is 39.9. The molecule has 7 heavy (non-hydrogen) atoms. The zero-order valence-electron chi connectivity index (χ0n) is 3.86. The average molecular weight is 145 g/mol. The molecule has 0 amide bonds. The first-order chi connectivity index (χ1) is 3.27. The SMILES string of the molecule is COCOC(Cl)Cl. The van der Waals surface area contributed by atoms with E-state index < -0.39 is 5.02 Å². The Kier molecular flexibility index (Phi) is 4.99. The Labute approximate surface area is 52.3 Å². The second-order valence-electron chi connectivity index (χ2n) is 0.834. The van der Waals surface area contributed by atoms with Crippen LogP contribution in [0.25, 0.3) is 0 Å². The van der Waals surface area contributed by atoms with E-state index in [4.69, 9.17) is 23.2 Å². The second-order valence-corrected chi connectivity index (χ2v) is 1.85. The summed E-state index contributed by atoms with van der Waals surface area (Å²) in [5, 5.41) is -0.778. The lowest BCUT2D eigenvalue weighted by molar-refractivity contribution is -0.0228. The van der Waals surface area contributed by atoms with Crippen LogP contribution in [0.3, 0.4) is 0 Å². The summed E-state index contributed by atoms with van der Waals surface area (Å²) in [6.07, 6.45) is 0. The molecule has 0 bridgehead atoms. The molecule has 0 aliphatic carbocycles. The van der Waals surface area contributed by atoms with E-state index in [1.807, 2.05) is 0 Å². The summed E-state index contributed by atoms with van der Waals surface area (Å²) in [6, 6.07) is 0. The summed E-state index contributed by atoms with van der Waals surface area (Å²) < 4.78 is 8.96. The van der Waals surface area contributed by atoms with Gasteiger partial charge in [0, 0.05) is 7.11 Å². The zero-order chi connectivity index (χ0) is 5.70. The minimum Gasteiger partial charge on any atom is -0.359 e. The first kappa shape index (κ1) is 7.50. The monoisotopic (exact) mass is 144 g/mol. The van der Waals surface area contributed by atoms with E-state index in [-0.39, 0.29) is 6.79 Å². The van der Waals surface area contributed by atoms with Gasteiger partial charge in [0.15, 0.2) is 0 Å². The van der Waals surface area contributed by atoms with Crippen LogP contribution in [0.15, 0.2) is 0 Å². The molecule has 0 fully saturated rings. The number of alkyl halides is 2. The van der Waals surface area contributed by atoms with Gasteiger partial charge in [0.05, 0.1) is 0 Å². The molecule has 0 radical (unpaired) electrons. The maximum atomic E-state index is 5.12. The first-order valence-electron chi connectivity index (χ1n) is 1.66. The van der Waals surface area contributed by atoms with Crippen LogP contribution in [-0.2, 0) is 9.47 Å². The van der Waals surface area contributed by atoms with Gasteiger partial charge in [-0.3, -0.25) is 0 Å². The van der Waals surface area contributed by atoms with Gasteiger partial charge in [0.25, 0.3) is 0 Å². The summed E-state index contributed by atoms with van der Waals surface area (Å²) in [6.45, 7) is 0.137. The molecule has 0 aliphatic rings. The molecule has 0 N–H and O–H groups in total. The number of methoxy groups -OCH3 is 1. The molecule has 0 rings (SSSR count). The molecule has 0 atom stereocenters. The summed E-state index contributed by atoms with van der Waals surface area (Å²) in [7, 11) is 1.50. The fraction of sp³-hybridized carbons (Fsp3) is 1.00. The van der Waals surface area contributed by atoms with E-state index >= 15 is 0 Å². The van der Waals surface area contributed by atoms with Crippen LogP contribution in [0, 0.1) is 0 Å². The zero-order valence-corrected chi connectivity index (χ0v) is 5.37. The molecule has 0 heterocycles. The second kappa shape index (κ2) is 4.65. The van der Waals surface area contributed by atoms with Crippen molar-refractivity contribution in [3.63, 3.8) is 0 Å². The van der Waals surface area contributed by atoms with Crippen molar-refractivity contribution in [3.05, 3.63) is 0 Å². The van der Waals surface area contributed by atoms with Crippen molar-refractivity contribution in [3.8, 4) is 0 Å². The van der Waals surface area contributed by atoms with Gasteiger partial charge in [0.1, 0.15) is 6.79 Å². The average Bonchev–Trinajstić information content (AvgIpc) is 1.61. The fourth-order valence-electron chi connectivity index (χ4n) is 0.119. The predicted molar refractivity (Wildman–Crippen MR) is 28.5 cm³/mol. The Morgan fingerprint density at radius 1 is 1.57 bits per heavy atom. The van der Waals surface area contributed by atoms with Gasteiger partial charge < -0.3 is 9.47 Å². The summed E-state index contributed by atoms with van der Waals surface area (Å²) in [5.74, 6) is 0. The van der Waals surface area contributed by atoms with Crippen LogP contribution in [0.4, 0.5) is 0 Å². The molecule has 0 aromatic heterocycles. The lowest BCUT2D eigenvalue weighted by Gasteiger charge is -1.99. The molecule has 2 nitrogen and oxygen atoms in total. The van der Waals surface area contributed by atoms with Gasteiger partial charge >= 0.3 is 0 Å². The van der Waals surface area contributed by atoms with Gasteiger partial charge in [-0.25, -0.2) is 0 Å². The number of halogens is 2. The number of hydrogen-bond donors (Lipinski definition) is 0. The third kappa shape index (κ3) is 6.50. The molecule has 0 aromatic rings. The lowest BCUT2D eigenvalue weighted by Crippen LogP contribution is -1.99. The Hall–Kier alpha value is 0.500. The minimum absolute atomic E-state index is 0.137. The van der Waals surface area contributed by atoms with Gasteiger partial charge in [-0.2, -0.15) is 0 Å². The Morgan fingerprint density at radius 2 is 2.14 bits per heavy atom. The van der Waals surface area contributed by atoms with Crippen molar-refractivity contribution in [1.82, 2.24) is 0 Å². The standard InChI is InChI=1S/C3H6Cl2O2/c1-6-2-7-3(4)5/h3H,2H2,1H3. The third-order valence-corrected chi connectivity index (χ3v) is 0.564. The third-order valence-electron chi connectivity index (χ3n) is 0.312. The normalized spacial score (nSPS) is 10.3. The minimum atomic E-state index is -0.778. The van der Waals surface area contributed by atoms with E-state index in [9.17, 15) is 0 Å². The maximum absolute atomic E-state index is 5.12. The van der Waals surface area contributed by atoms with Gasteiger partial charge in [0.2, 0.25) is 5.02 Å². The van der Waals surface area contributed by atoms with Crippen LogP contribution < -0.4 is 0 Å². The van der Waals surface area contributed by atoms with Crippen LogP contribution >= 0.6 is 23.2 Å². The lowest BCUT2D eigenvalue weighted by atomic mass is 11.4. The summed E-state index contributed by atoms with van der Waals surface area (Å²) >= 11 is 10.2. The van der Waals surface area contributed by atoms with E-state index in [0.717, 1.165) is 0 Å². The highest BCUT2D eigenvalue weighted by Gasteiger charge is 1.92. The highest BCUT2D eigenvalue weighted by atomic mass is 35.5. The smallest absolute Gasteiger partial charge is 0.208 e. The van der Waals surface area contributed by atoms with Crippen LogP contribution in [0.1, 0.15) is 0 Å². The van der Waals surface area contributed by atoms with Crippen molar-refractivity contribution in [2.45, 2.75) is 5.02 Å². The Balaban J connectivity index is 2.68. The van der Waals surface area contributed by atoms with Gasteiger partial charge in [-0.15, -0.1) is 0 Å². The fourth-order valence-corrected chi connectivity index (χ4v) is 0.222. The highest BCUT2D eigenvalue weighted by molar-refractivity contribution is 6.43. The number of ether oxygens (including phenoxy) is 2. The molecule has 44 valence electrons. The molecule has 0 spiro atoms. The molecule has 0 unspecified atom stereocenters. The molecule has 4 heteroatoms. The molecule has 0 saturated carbocycles. The van der Waals surface area contributed by atoms with Crippen molar-refractivity contribution in [1.29, 1.82) is 0 Å². The van der Waals surface area contributed by atoms with Gasteiger partial charge in [-0.1, -0.05) is 23.2 Å². The first-order valence-corrected chi connectivity index (χ1v) is 2.53. The Morgan fingerprint density at radius 3 is 2.29 bits per heavy atom. The van der Waals surface area contributed by atoms with Crippen molar-refractivity contribution in [2.75, 3.05) is 13.9 Å². The van der Waals surface area contributed by atoms with E-state index in [0.29, 0.717) is 0 Å². The largest absolute Gasteiger partial charge is 0.359 e. The molecule has 0 aromatic carbocycles. The molecular formula is C3H6Cl2O2. The van der Waals surface area contributed by atoms with E-state index in [1.54, 1.807) is 0 Å². The predicted octanol–water partition coefficient (Wildman–Crippen LogP) is 1.37. The van der Waals surface area contributed by atoms with Crippen LogP contribution in [0.5, 0.6) is 0 Å².